The Balaban J connectivity index is 3.16. The summed E-state index contributed by atoms with van der Waals surface area (Å²) in [6.07, 6.45) is 41.6. The highest BCUT2D eigenvalue weighted by Gasteiger charge is 2.03. The average molecular weight is 551 g/mol. The summed E-state index contributed by atoms with van der Waals surface area (Å²) >= 11 is 0. The van der Waals surface area contributed by atoms with Gasteiger partial charge < -0.3 is 4.74 Å². The lowest BCUT2D eigenvalue weighted by atomic mass is 9.99. The first kappa shape index (κ1) is 38.5. The molecule has 0 aliphatic heterocycles. The van der Waals surface area contributed by atoms with Gasteiger partial charge in [0.05, 0.1) is 6.61 Å². The van der Waals surface area contributed by atoms with Crippen LogP contribution in [0.5, 0.6) is 0 Å². The molecule has 0 aromatic carbocycles. The Hall–Kier alpha value is -0.530. The van der Waals surface area contributed by atoms with Crippen molar-refractivity contribution in [1.29, 1.82) is 0 Å². The molecule has 0 aromatic heterocycles. The zero-order chi connectivity index (χ0) is 28.5. The Morgan fingerprint density at radius 1 is 0.462 bits per heavy atom. The van der Waals surface area contributed by atoms with E-state index in [1.165, 1.54) is 180 Å². The zero-order valence-corrected chi connectivity index (χ0v) is 27.5. The van der Waals surface area contributed by atoms with Gasteiger partial charge in [-0.3, -0.25) is 4.79 Å². The van der Waals surface area contributed by atoms with E-state index in [0.717, 1.165) is 18.8 Å². The fraction of sp³-hybridized carbons (Fsp3) is 0.973. The molecule has 0 saturated carbocycles. The van der Waals surface area contributed by atoms with Crippen molar-refractivity contribution in [2.75, 3.05) is 6.61 Å². The van der Waals surface area contributed by atoms with Crippen molar-refractivity contribution in [3.63, 3.8) is 0 Å². The van der Waals surface area contributed by atoms with E-state index in [9.17, 15) is 4.79 Å². The van der Waals surface area contributed by atoms with Crippen LogP contribution in [0, 0.1) is 5.92 Å². The zero-order valence-electron chi connectivity index (χ0n) is 27.5. The molecular weight excluding hydrogens is 476 g/mol. The van der Waals surface area contributed by atoms with Gasteiger partial charge in [0.1, 0.15) is 0 Å². The number of ether oxygens (including phenoxy) is 1. The highest BCUT2D eigenvalue weighted by molar-refractivity contribution is 5.69. The second kappa shape index (κ2) is 33.7. The topological polar surface area (TPSA) is 26.3 Å². The van der Waals surface area contributed by atoms with Crippen molar-refractivity contribution >= 4 is 5.97 Å². The number of carbonyl (C=O) groups excluding carboxylic acids is 1. The molecule has 39 heavy (non-hydrogen) atoms. The number of rotatable bonds is 33. The second-order valence-corrected chi connectivity index (χ2v) is 12.8. The average Bonchev–Trinajstić information content (AvgIpc) is 2.94. The van der Waals surface area contributed by atoms with Crippen molar-refractivity contribution in [3.05, 3.63) is 0 Å². The first-order valence-electron chi connectivity index (χ1n) is 18.4. The van der Waals surface area contributed by atoms with Crippen molar-refractivity contribution in [2.24, 2.45) is 5.92 Å². The summed E-state index contributed by atoms with van der Waals surface area (Å²) in [6.45, 7) is 7.62. The second-order valence-electron chi connectivity index (χ2n) is 12.8. The fourth-order valence-corrected chi connectivity index (χ4v) is 5.64. The third-order valence-electron chi connectivity index (χ3n) is 8.79. The van der Waals surface area contributed by atoms with Crippen molar-refractivity contribution in [3.8, 4) is 0 Å². The molecule has 0 bridgehead atoms. The van der Waals surface area contributed by atoms with Gasteiger partial charge in [0.25, 0.3) is 0 Å². The third kappa shape index (κ3) is 33.6. The minimum Gasteiger partial charge on any atom is -0.466 e. The number of hydrogen-bond donors (Lipinski definition) is 0. The monoisotopic (exact) mass is 551 g/mol. The van der Waals surface area contributed by atoms with E-state index in [0.29, 0.717) is 13.0 Å². The number of unbranched alkanes of at least 4 members (excludes halogenated alkanes) is 26. The van der Waals surface area contributed by atoms with Gasteiger partial charge in [0.15, 0.2) is 0 Å². The van der Waals surface area contributed by atoms with E-state index in [-0.39, 0.29) is 5.97 Å². The van der Waals surface area contributed by atoms with Crippen LogP contribution in [-0.4, -0.2) is 12.6 Å². The van der Waals surface area contributed by atoms with Crippen LogP contribution in [0.4, 0.5) is 0 Å². The highest BCUT2D eigenvalue weighted by atomic mass is 16.5. The number of esters is 1. The molecule has 0 aliphatic carbocycles. The molecule has 0 heterocycles. The normalized spacial score (nSPS) is 12.2. The Morgan fingerprint density at radius 3 is 1.18 bits per heavy atom. The SMILES string of the molecule is CCCCCCCCCCCCCCCCOC(=O)CCCCCCCCCCCCCCCCC(C)CC. The van der Waals surface area contributed by atoms with Crippen LogP contribution in [-0.2, 0) is 9.53 Å². The number of carbonyl (C=O) groups is 1. The molecule has 0 aromatic rings. The quantitative estimate of drug-likeness (QED) is 0.0600. The lowest BCUT2D eigenvalue weighted by Crippen LogP contribution is -2.05. The summed E-state index contributed by atoms with van der Waals surface area (Å²) in [5.41, 5.74) is 0. The highest BCUT2D eigenvalue weighted by Crippen LogP contribution is 2.16. The van der Waals surface area contributed by atoms with Gasteiger partial charge in [0.2, 0.25) is 0 Å². The smallest absolute Gasteiger partial charge is 0.305 e. The van der Waals surface area contributed by atoms with Crippen molar-refractivity contribution in [2.45, 2.75) is 220 Å². The summed E-state index contributed by atoms with van der Waals surface area (Å²) in [6, 6.07) is 0. The molecule has 0 spiro atoms. The minimum absolute atomic E-state index is 0.0280. The first-order valence-corrected chi connectivity index (χ1v) is 18.4. The van der Waals surface area contributed by atoms with Crippen molar-refractivity contribution < 1.29 is 9.53 Å². The summed E-state index contributed by atoms with van der Waals surface area (Å²) < 4.78 is 5.44. The molecule has 2 heteroatoms. The lowest BCUT2D eigenvalue weighted by molar-refractivity contribution is -0.143. The molecular formula is C37H74O2. The molecule has 234 valence electrons. The standard InChI is InChI=1S/C37H74O2/c1-4-6-7-8-9-10-11-12-17-20-23-26-29-32-35-39-37(38)34-31-28-25-22-19-16-14-13-15-18-21-24-27-30-33-36(3)5-2/h36H,4-35H2,1-3H3. The van der Waals surface area contributed by atoms with E-state index >= 15 is 0 Å². The van der Waals surface area contributed by atoms with E-state index in [1.807, 2.05) is 0 Å². The molecule has 0 amide bonds. The maximum atomic E-state index is 11.9. The van der Waals surface area contributed by atoms with Crippen LogP contribution in [0.3, 0.4) is 0 Å². The molecule has 0 aliphatic rings. The van der Waals surface area contributed by atoms with Gasteiger partial charge in [-0.25, -0.2) is 0 Å². The van der Waals surface area contributed by atoms with Crippen LogP contribution < -0.4 is 0 Å². The molecule has 0 saturated heterocycles. The van der Waals surface area contributed by atoms with Gasteiger partial charge in [-0.05, 0) is 18.8 Å². The van der Waals surface area contributed by atoms with E-state index < -0.39 is 0 Å². The molecule has 0 fully saturated rings. The summed E-state index contributed by atoms with van der Waals surface area (Å²) in [4.78, 5) is 11.9. The molecule has 0 radical (unpaired) electrons. The Labute approximate surface area is 247 Å². The molecule has 0 N–H and O–H groups in total. The van der Waals surface area contributed by atoms with E-state index in [4.69, 9.17) is 4.74 Å². The summed E-state index contributed by atoms with van der Waals surface area (Å²) in [5, 5.41) is 0. The van der Waals surface area contributed by atoms with Gasteiger partial charge in [-0.2, -0.15) is 0 Å². The van der Waals surface area contributed by atoms with Gasteiger partial charge in [-0.15, -0.1) is 0 Å². The molecule has 1 atom stereocenters. The van der Waals surface area contributed by atoms with Gasteiger partial charge >= 0.3 is 5.97 Å². The van der Waals surface area contributed by atoms with Gasteiger partial charge in [-0.1, -0.05) is 201 Å². The predicted molar refractivity (Wildman–Crippen MR) is 175 cm³/mol. The maximum Gasteiger partial charge on any atom is 0.305 e. The number of hydrogen-bond acceptors (Lipinski definition) is 2. The van der Waals surface area contributed by atoms with Crippen LogP contribution in [0.1, 0.15) is 220 Å². The fourth-order valence-electron chi connectivity index (χ4n) is 5.64. The van der Waals surface area contributed by atoms with E-state index in [2.05, 4.69) is 20.8 Å². The van der Waals surface area contributed by atoms with E-state index in [1.54, 1.807) is 0 Å². The largest absolute Gasteiger partial charge is 0.466 e. The maximum absolute atomic E-state index is 11.9. The van der Waals surface area contributed by atoms with Crippen LogP contribution in [0.25, 0.3) is 0 Å². The Bertz CT molecular complexity index is 460. The van der Waals surface area contributed by atoms with Crippen molar-refractivity contribution in [1.82, 2.24) is 0 Å². The lowest BCUT2D eigenvalue weighted by Gasteiger charge is -2.07. The Kier molecular flexibility index (Phi) is 33.2. The summed E-state index contributed by atoms with van der Waals surface area (Å²) in [7, 11) is 0. The summed E-state index contributed by atoms with van der Waals surface area (Å²) in [5.74, 6) is 0.954. The first-order chi connectivity index (χ1) is 19.2. The molecule has 2 nitrogen and oxygen atoms in total. The van der Waals surface area contributed by atoms with Crippen LogP contribution >= 0.6 is 0 Å². The van der Waals surface area contributed by atoms with Crippen LogP contribution in [0.2, 0.25) is 0 Å². The Morgan fingerprint density at radius 2 is 0.795 bits per heavy atom. The molecule has 1 unspecified atom stereocenters. The van der Waals surface area contributed by atoms with Crippen LogP contribution in [0.15, 0.2) is 0 Å². The molecule has 0 rings (SSSR count). The minimum atomic E-state index is 0.0280. The third-order valence-corrected chi connectivity index (χ3v) is 8.79. The van der Waals surface area contributed by atoms with Gasteiger partial charge in [0, 0.05) is 6.42 Å². The predicted octanol–water partition coefficient (Wildman–Crippen LogP) is 13.3.